The summed E-state index contributed by atoms with van der Waals surface area (Å²) >= 11 is 0. The van der Waals surface area contributed by atoms with Gasteiger partial charge in [-0.2, -0.15) is 0 Å². The standard InChI is InChI=1S/C30H28O7/c1-19(2)28(31)35-16-17-36-30(33)24-12-10-22(11-13-24)21-6-8-23(9-7-21)25-14-15-26(27(18-25)34-5)37-29(32)20(3)4/h6-15,18H,1,3,16-17H2,2,4-5H3. The maximum Gasteiger partial charge on any atom is 0.338 e. The van der Waals surface area contributed by atoms with Crippen LogP contribution in [0.1, 0.15) is 24.2 Å². The number of carbonyl (C=O) groups excluding carboxylic acids is 3. The Hall–Kier alpha value is -4.65. The van der Waals surface area contributed by atoms with E-state index in [9.17, 15) is 14.4 Å². The van der Waals surface area contributed by atoms with E-state index in [-0.39, 0.29) is 18.8 Å². The van der Waals surface area contributed by atoms with Crippen LogP contribution in [0.5, 0.6) is 11.5 Å². The van der Waals surface area contributed by atoms with Crippen molar-refractivity contribution >= 4 is 17.9 Å². The van der Waals surface area contributed by atoms with Gasteiger partial charge in [0.25, 0.3) is 0 Å². The molecule has 3 aromatic rings. The van der Waals surface area contributed by atoms with Crippen LogP contribution in [0.3, 0.4) is 0 Å². The van der Waals surface area contributed by atoms with E-state index in [1.54, 1.807) is 38.1 Å². The van der Waals surface area contributed by atoms with Gasteiger partial charge in [-0.05, 0) is 60.4 Å². The first kappa shape index (κ1) is 26.9. The zero-order valence-corrected chi connectivity index (χ0v) is 21.0. The van der Waals surface area contributed by atoms with Gasteiger partial charge < -0.3 is 18.9 Å². The van der Waals surface area contributed by atoms with E-state index >= 15 is 0 Å². The number of methoxy groups -OCH3 is 1. The summed E-state index contributed by atoms with van der Waals surface area (Å²) in [4.78, 5) is 35.4. The summed E-state index contributed by atoms with van der Waals surface area (Å²) in [5, 5.41) is 0. The van der Waals surface area contributed by atoms with E-state index in [0.29, 0.717) is 22.6 Å². The van der Waals surface area contributed by atoms with Crippen LogP contribution in [0.15, 0.2) is 91.0 Å². The van der Waals surface area contributed by atoms with Crippen LogP contribution in [0.4, 0.5) is 0 Å². The second-order valence-electron chi connectivity index (χ2n) is 8.24. The van der Waals surface area contributed by atoms with Crippen molar-refractivity contribution in [1.29, 1.82) is 0 Å². The average Bonchev–Trinajstić information content (AvgIpc) is 2.91. The fraction of sp³-hybridized carbons (Fsp3) is 0.167. The monoisotopic (exact) mass is 500 g/mol. The first-order chi connectivity index (χ1) is 17.7. The highest BCUT2D eigenvalue weighted by atomic mass is 16.6. The summed E-state index contributed by atoms with van der Waals surface area (Å²) in [7, 11) is 1.51. The number of benzene rings is 3. The van der Waals surface area contributed by atoms with Gasteiger partial charge in [0, 0.05) is 11.1 Å². The van der Waals surface area contributed by atoms with Gasteiger partial charge >= 0.3 is 17.9 Å². The van der Waals surface area contributed by atoms with Gasteiger partial charge in [-0.1, -0.05) is 55.6 Å². The Bertz CT molecular complexity index is 1320. The highest BCUT2D eigenvalue weighted by Gasteiger charge is 2.13. The van der Waals surface area contributed by atoms with E-state index in [1.807, 2.05) is 42.5 Å². The molecule has 0 amide bonds. The third-order valence-corrected chi connectivity index (χ3v) is 5.29. The Kier molecular flexibility index (Phi) is 9.00. The molecule has 0 heterocycles. The predicted molar refractivity (Wildman–Crippen MR) is 140 cm³/mol. The highest BCUT2D eigenvalue weighted by molar-refractivity contribution is 5.90. The van der Waals surface area contributed by atoms with Crippen LogP contribution < -0.4 is 9.47 Å². The van der Waals surface area contributed by atoms with Gasteiger partial charge in [-0.15, -0.1) is 0 Å². The number of carbonyl (C=O) groups is 3. The maximum atomic E-state index is 12.2. The van der Waals surface area contributed by atoms with E-state index in [4.69, 9.17) is 18.9 Å². The van der Waals surface area contributed by atoms with Gasteiger partial charge in [0.1, 0.15) is 13.2 Å². The molecule has 0 aromatic heterocycles. The summed E-state index contributed by atoms with van der Waals surface area (Å²) in [5.74, 6) is -0.778. The molecule has 0 radical (unpaired) electrons. The van der Waals surface area contributed by atoms with Crippen molar-refractivity contribution in [3.63, 3.8) is 0 Å². The first-order valence-corrected chi connectivity index (χ1v) is 11.5. The van der Waals surface area contributed by atoms with Crippen molar-refractivity contribution in [3.05, 3.63) is 96.6 Å². The molecule has 0 aliphatic rings. The minimum Gasteiger partial charge on any atom is -0.493 e. The second-order valence-corrected chi connectivity index (χ2v) is 8.24. The molecule has 0 spiro atoms. The van der Waals surface area contributed by atoms with Crippen LogP contribution in [0.2, 0.25) is 0 Å². The lowest BCUT2D eigenvalue weighted by atomic mass is 9.99. The van der Waals surface area contributed by atoms with Crippen molar-refractivity contribution in [2.24, 2.45) is 0 Å². The van der Waals surface area contributed by atoms with Crippen LogP contribution >= 0.6 is 0 Å². The molecule has 7 heteroatoms. The summed E-state index contributed by atoms with van der Waals surface area (Å²) in [6.07, 6.45) is 0. The molecule has 0 fully saturated rings. The number of esters is 3. The lowest BCUT2D eigenvalue weighted by Crippen LogP contribution is -2.14. The summed E-state index contributed by atoms with van der Waals surface area (Å²) in [6.45, 7) is 10.1. The van der Waals surface area contributed by atoms with E-state index in [2.05, 4.69) is 13.2 Å². The largest absolute Gasteiger partial charge is 0.493 e. The zero-order chi connectivity index (χ0) is 26.9. The fourth-order valence-corrected chi connectivity index (χ4v) is 3.25. The SMILES string of the molecule is C=C(C)C(=O)OCCOC(=O)c1ccc(-c2ccc(-c3ccc(OC(=O)C(=C)C)c(OC)c3)cc2)cc1. The third kappa shape index (κ3) is 7.18. The minimum absolute atomic E-state index is 0.0316. The predicted octanol–water partition coefficient (Wildman–Crippen LogP) is 5.79. The van der Waals surface area contributed by atoms with E-state index in [1.165, 1.54) is 7.11 Å². The summed E-state index contributed by atoms with van der Waals surface area (Å²) < 4.78 is 20.8. The lowest BCUT2D eigenvalue weighted by Gasteiger charge is -2.12. The number of hydrogen-bond donors (Lipinski definition) is 0. The molecule has 0 saturated heterocycles. The van der Waals surface area contributed by atoms with Gasteiger partial charge in [-0.3, -0.25) is 0 Å². The van der Waals surface area contributed by atoms with E-state index in [0.717, 1.165) is 22.3 Å². The first-order valence-electron chi connectivity index (χ1n) is 11.5. The fourth-order valence-electron chi connectivity index (χ4n) is 3.25. The molecular formula is C30H28O7. The lowest BCUT2D eigenvalue weighted by molar-refractivity contribution is -0.140. The Balaban J connectivity index is 1.64. The topological polar surface area (TPSA) is 88.1 Å². The zero-order valence-electron chi connectivity index (χ0n) is 21.0. The third-order valence-electron chi connectivity index (χ3n) is 5.29. The van der Waals surface area contributed by atoms with E-state index < -0.39 is 17.9 Å². The Morgan fingerprint density at radius 1 is 0.649 bits per heavy atom. The molecule has 3 aromatic carbocycles. The second kappa shape index (κ2) is 12.4. The van der Waals surface area contributed by atoms with Gasteiger partial charge in [0.2, 0.25) is 0 Å². The smallest absolute Gasteiger partial charge is 0.338 e. The maximum absolute atomic E-state index is 12.2. The number of ether oxygens (including phenoxy) is 4. The van der Waals surface area contributed by atoms with Gasteiger partial charge in [-0.25, -0.2) is 14.4 Å². The molecule has 0 bridgehead atoms. The molecule has 0 N–H and O–H groups in total. The van der Waals surface area contributed by atoms with Crippen LogP contribution in [-0.2, 0) is 19.1 Å². The molecule has 0 unspecified atom stereocenters. The molecule has 0 aliphatic heterocycles. The van der Waals surface area contributed by atoms with Crippen molar-refractivity contribution < 1.29 is 33.3 Å². The molecule has 7 nitrogen and oxygen atoms in total. The highest BCUT2D eigenvalue weighted by Crippen LogP contribution is 2.34. The summed E-state index contributed by atoms with van der Waals surface area (Å²) in [6, 6.07) is 20.2. The summed E-state index contributed by atoms with van der Waals surface area (Å²) in [5.41, 5.74) is 4.72. The molecule has 0 aliphatic carbocycles. The number of rotatable bonds is 10. The Morgan fingerprint density at radius 3 is 1.68 bits per heavy atom. The molecule has 3 rings (SSSR count). The van der Waals surface area contributed by atoms with Crippen LogP contribution in [0.25, 0.3) is 22.3 Å². The van der Waals surface area contributed by atoms with Gasteiger partial charge in [0.15, 0.2) is 11.5 Å². The van der Waals surface area contributed by atoms with Crippen molar-refractivity contribution in [2.75, 3.05) is 20.3 Å². The average molecular weight is 501 g/mol. The molecular weight excluding hydrogens is 472 g/mol. The van der Waals surface area contributed by atoms with Crippen molar-refractivity contribution in [3.8, 4) is 33.8 Å². The number of hydrogen-bond acceptors (Lipinski definition) is 7. The normalized spacial score (nSPS) is 10.2. The minimum atomic E-state index is -0.522. The Labute approximate surface area is 215 Å². The molecule has 37 heavy (non-hydrogen) atoms. The molecule has 190 valence electrons. The van der Waals surface area contributed by atoms with Crippen molar-refractivity contribution in [2.45, 2.75) is 13.8 Å². The van der Waals surface area contributed by atoms with Crippen LogP contribution in [0, 0.1) is 0 Å². The van der Waals surface area contributed by atoms with Crippen molar-refractivity contribution in [1.82, 2.24) is 0 Å². The molecule has 0 saturated carbocycles. The van der Waals surface area contributed by atoms with Crippen LogP contribution in [-0.4, -0.2) is 38.2 Å². The Morgan fingerprint density at radius 2 is 1.14 bits per heavy atom. The quantitative estimate of drug-likeness (QED) is 0.151. The molecule has 0 atom stereocenters. The van der Waals surface area contributed by atoms with Gasteiger partial charge in [0.05, 0.1) is 12.7 Å².